The molecule has 2 N–H and O–H groups in total. The number of piperidine rings is 2. The number of rotatable bonds is 6. The first-order chi connectivity index (χ1) is 14.8. The van der Waals surface area contributed by atoms with Crippen LogP contribution >= 0.6 is 0 Å². The number of benzene rings is 1. The van der Waals surface area contributed by atoms with Gasteiger partial charge in [0.1, 0.15) is 6.04 Å². The summed E-state index contributed by atoms with van der Waals surface area (Å²) in [5, 5.41) is 11.1. The van der Waals surface area contributed by atoms with Gasteiger partial charge in [0.05, 0.1) is 11.0 Å². The van der Waals surface area contributed by atoms with E-state index in [1.165, 1.54) is 10.1 Å². The minimum atomic E-state index is -0.752. The zero-order valence-corrected chi connectivity index (χ0v) is 17.7. The SMILES string of the molecule is Cn1c(=O)n(C2CCC(=O)NC2=O)c2ccc(C3CCN(CCCC(=O)O)CC3)cc21. The number of likely N-dealkylation sites (tertiary alicyclic amines) is 1. The number of aryl methyl sites for hydroxylation is 1. The molecule has 0 saturated carbocycles. The maximum absolute atomic E-state index is 12.9. The van der Waals surface area contributed by atoms with Crippen molar-refractivity contribution < 1.29 is 19.5 Å². The van der Waals surface area contributed by atoms with Crippen molar-refractivity contribution in [2.45, 2.75) is 50.5 Å². The minimum Gasteiger partial charge on any atom is -0.481 e. The first kappa shape index (κ1) is 21.3. The summed E-state index contributed by atoms with van der Waals surface area (Å²) < 4.78 is 3.08. The number of carbonyl (C=O) groups is 3. The number of nitrogens with zero attached hydrogens (tertiary/aromatic N) is 3. The fourth-order valence-electron chi connectivity index (χ4n) is 4.81. The number of aromatic nitrogens is 2. The van der Waals surface area contributed by atoms with E-state index in [0.29, 0.717) is 24.3 Å². The molecule has 0 radical (unpaired) electrons. The van der Waals surface area contributed by atoms with Crippen molar-refractivity contribution in [3.05, 3.63) is 34.2 Å². The minimum absolute atomic E-state index is 0.203. The third-order valence-electron chi connectivity index (χ3n) is 6.56. The molecule has 2 saturated heterocycles. The highest BCUT2D eigenvalue weighted by atomic mass is 16.4. The molecule has 166 valence electrons. The molecule has 1 unspecified atom stereocenters. The predicted molar refractivity (Wildman–Crippen MR) is 114 cm³/mol. The maximum Gasteiger partial charge on any atom is 0.329 e. The van der Waals surface area contributed by atoms with Crippen molar-refractivity contribution in [1.82, 2.24) is 19.4 Å². The number of aliphatic carboxylic acids is 1. The lowest BCUT2D eigenvalue weighted by Crippen LogP contribution is -2.44. The van der Waals surface area contributed by atoms with Crippen molar-refractivity contribution in [2.24, 2.45) is 7.05 Å². The van der Waals surface area contributed by atoms with Gasteiger partial charge in [0.25, 0.3) is 0 Å². The molecule has 1 aromatic carbocycles. The van der Waals surface area contributed by atoms with Gasteiger partial charge in [-0.15, -0.1) is 0 Å². The van der Waals surface area contributed by atoms with E-state index in [1.54, 1.807) is 11.6 Å². The maximum atomic E-state index is 12.9. The van der Waals surface area contributed by atoms with E-state index in [0.717, 1.165) is 38.0 Å². The molecular weight excluding hydrogens is 400 g/mol. The molecule has 0 aliphatic carbocycles. The van der Waals surface area contributed by atoms with Crippen LogP contribution in [0.2, 0.25) is 0 Å². The zero-order chi connectivity index (χ0) is 22.1. The molecule has 2 aliphatic rings. The number of carboxylic acids is 1. The Kier molecular flexibility index (Phi) is 5.95. The molecule has 2 amide bonds. The van der Waals surface area contributed by atoms with E-state index in [2.05, 4.69) is 10.2 Å². The fraction of sp³-hybridized carbons (Fsp3) is 0.545. The molecule has 9 heteroatoms. The molecule has 31 heavy (non-hydrogen) atoms. The quantitative estimate of drug-likeness (QED) is 0.672. The van der Waals surface area contributed by atoms with E-state index in [1.807, 2.05) is 18.2 Å². The lowest BCUT2D eigenvalue weighted by molar-refractivity contribution is -0.137. The van der Waals surface area contributed by atoms with Crippen molar-refractivity contribution in [3.8, 4) is 0 Å². The molecule has 2 aromatic rings. The molecule has 4 rings (SSSR count). The highest BCUT2D eigenvalue weighted by molar-refractivity contribution is 6.00. The highest BCUT2D eigenvalue weighted by Gasteiger charge is 2.31. The molecule has 1 atom stereocenters. The van der Waals surface area contributed by atoms with Gasteiger partial charge in [-0.2, -0.15) is 0 Å². The standard InChI is InChI=1S/C22H28N4O5/c1-24-18-13-15(14-8-11-25(12-9-14)10-2-3-20(28)29)4-5-16(18)26(22(24)31)17-6-7-19(27)23-21(17)30/h4-5,13-14,17H,2-3,6-12H2,1H3,(H,28,29)(H,23,27,30). The lowest BCUT2D eigenvalue weighted by Gasteiger charge is -2.32. The van der Waals surface area contributed by atoms with Crippen LogP contribution in [0.25, 0.3) is 11.0 Å². The average molecular weight is 428 g/mol. The van der Waals surface area contributed by atoms with Crippen molar-refractivity contribution >= 4 is 28.8 Å². The van der Waals surface area contributed by atoms with Crippen LogP contribution in [0.3, 0.4) is 0 Å². The Hall–Kier alpha value is -2.94. The van der Waals surface area contributed by atoms with Crippen molar-refractivity contribution in [3.63, 3.8) is 0 Å². The topological polar surface area (TPSA) is 114 Å². The largest absolute Gasteiger partial charge is 0.481 e. The Morgan fingerprint density at radius 2 is 1.87 bits per heavy atom. The number of hydrogen-bond acceptors (Lipinski definition) is 5. The summed E-state index contributed by atoms with van der Waals surface area (Å²) in [7, 11) is 1.71. The highest BCUT2D eigenvalue weighted by Crippen LogP contribution is 2.31. The van der Waals surface area contributed by atoms with E-state index >= 15 is 0 Å². The Balaban J connectivity index is 1.51. The van der Waals surface area contributed by atoms with E-state index in [4.69, 9.17) is 5.11 Å². The second-order valence-electron chi connectivity index (χ2n) is 8.54. The summed E-state index contributed by atoms with van der Waals surface area (Å²) in [6.07, 6.45) is 3.39. The Morgan fingerprint density at radius 3 is 2.55 bits per heavy atom. The van der Waals surface area contributed by atoms with Crippen LogP contribution in [-0.2, 0) is 21.4 Å². The third kappa shape index (κ3) is 4.27. The van der Waals surface area contributed by atoms with Gasteiger partial charge in [0.2, 0.25) is 11.8 Å². The van der Waals surface area contributed by atoms with Crippen LogP contribution in [0.5, 0.6) is 0 Å². The Morgan fingerprint density at radius 1 is 1.13 bits per heavy atom. The second-order valence-corrected chi connectivity index (χ2v) is 8.54. The van der Waals surface area contributed by atoms with Gasteiger partial charge in [0.15, 0.2) is 0 Å². The van der Waals surface area contributed by atoms with Gasteiger partial charge in [-0.1, -0.05) is 6.07 Å². The summed E-state index contributed by atoms with van der Waals surface area (Å²) in [6.45, 7) is 2.67. The molecule has 9 nitrogen and oxygen atoms in total. The monoisotopic (exact) mass is 428 g/mol. The molecule has 3 heterocycles. The number of fused-ring (bicyclic) bond motifs is 1. The number of hydrogen-bond donors (Lipinski definition) is 2. The first-order valence-corrected chi connectivity index (χ1v) is 10.8. The van der Waals surface area contributed by atoms with Crippen LogP contribution in [0, 0.1) is 0 Å². The van der Waals surface area contributed by atoms with Gasteiger partial charge in [0, 0.05) is 19.9 Å². The van der Waals surface area contributed by atoms with Crippen LogP contribution < -0.4 is 11.0 Å². The van der Waals surface area contributed by atoms with E-state index in [9.17, 15) is 19.2 Å². The third-order valence-corrected chi connectivity index (χ3v) is 6.56. The van der Waals surface area contributed by atoms with Gasteiger partial charge in [-0.05, 0) is 68.9 Å². The summed E-state index contributed by atoms with van der Waals surface area (Å²) >= 11 is 0. The van der Waals surface area contributed by atoms with Gasteiger partial charge >= 0.3 is 11.7 Å². The van der Waals surface area contributed by atoms with E-state index < -0.39 is 17.9 Å². The van der Waals surface area contributed by atoms with Crippen LogP contribution in [0.4, 0.5) is 0 Å². The summed E-state index contributed by atoms with van der Waals surface area (Å²) in [6, 6.07) is 5.32. The lowest BCUT2D eigenvalue weighted by atomic mass is 9.89. The molecule has 0 spiro atoms. The van der Waals surface area contributed by atoms with Crippen LogP contribution in [0.15, 0.2) is 23.0 Å². The summed E-state index contributed by atoms with van der Waals surface area (Å²) in [4.78, 5) is 49.7. The molecular formula is C22H28N4O5. The zero-order valence-electron chi connectivity index (χ0n) is 17.7. The van der Waals surface area contributed by atoms with Gasteiger partial charge < -0.3 is 10.0 Å². The normalized spacial score (nSPS) is 20.9. The van der Waals surface area contributed by atoms with Crippen molar-refractivity contribution in [1.29, 1.82) is 0 Å². The average Bonchev–Trinajstić information content (AvgIpc) is 2.98. The number of nitrogens with one attached hydrogen (secondary N) is 1. The Bertz CT molecular complexity index is 1080. The van der Waals surface area contributed by atoms with Gasteiger partial charge in [-0.25, -0.2) is 4.79 Å². The first-order valence-electron chi connectivity index (χ1n) is 10.8. The number of carboxylic acid groups (broad SMARTS) is 1. The summed E-state index contributed by atoms with van der Waals surface area (Å²) in [5.41, 5.74) is 2.41. The fourth-order valence-corrected chi connectivity index (χ4v) is 4.81. The van der Waals surface area contributed by atoms with Crippen molar-refractivity contribution in [2.75, 3.05) is 19.6 Å². The number of imide groups is 1. The number of carbonyl (C=O) groups excluding carboxylic acids is 2. The Labute approximate surface area is 179 Å². The van der Waals surface area contributed by atoms with Crippen LogP contribution in [-0.4, -0.2) is 56.6 Å². The summed E-state index contributed by atoms with van der Waals surface area (Å²) in [5.74, 6) is -1.09. The van der Waals surface area contributed by atoms with Crippen LogP contribution in [0.1, 0.15) is 56.0 Å². The van der Waals surface area contributed by atoms with Gasteiger partial charge in [-0.3, -0.25) is 28.8 Å². The number of imidazole rings is 1. The molecule has 0 bridgehead atoms. The second kappa shape index (κ2) is 8.66. The molecule has 2 fully saturated rings. The number of amides is 2. The molecule has 1 aromatic heterocycles. The van der Waals surface area contributed by atoms with E-state index in [-0.39, 0.29) is 24.4 Å². The predicted octanol–water partition coefficient (Wildman–Crippen LogP) is 1.36. The smallest absolute Gasteiger partial charge is 0.329 e. The molecule has 2 aliphatic heterocycles.